The molecule has 1 fully saturated rings. The molecule has 0 spiro atoms. The monoisotopic (exact) mass is 212 g/mol. The third-order valence-electron chi connectivity index (χ3n) is 4.00. The summed E-state index contributed by atoms with van der Waals surface area (Å²) in [6, 6.07) is 2.23. The first-order valence-corrected chi connectivity index (χ1v) is 6.56. The third-order valence-corrected chi connectivity index (χ3v) is 4.00. The second-order valence-electron chi connectivity index (χ2n) is 5.17. The molecule has 2 nitrogen and oxygen atoms in total. The van der Waals surface area contributed by atoms with Crippen molar-refractivity contribution >= 4 is 0 Å². The van der Waals surface area contributed by atoms with E-state index in [1.54, 1.807) is 0 Å². The van der Waals surface area contributed by atoms with Gasteiger partial charge in [0.15, 0.2) is 0 Å². The summed E-state index contributed by atoms with van der Waals surface area (Å²) < 4.78 is 0. The van der Waals surface area contributed by atoms with Gasteiger partial charge in [-0.3, -0.25) is 9.80 Å². The molecule has 15 heavy (non-hydrogen) atoms. The Morgan fingerprint density at radius 1 is 1.13 bits per heavy atom. The highest BCUT2D eigenvalue weighted by atomic mass is 15.3. The van der Waals surface area contributed by atoms with Crippen LogP contribution in [0.1, 0.15) is 47.0 Å². The van der Waals surface area contributed by atoms with Gasteiger partial charge in [-0.05, 0) is 33.7 Å². The lowest BCUT2D eigenvalue weighted by molar-refractivity contribution is 0.0299. The second-order valence-corrected chi connectivity index (χ2v) is 5.17. The van der Waals surface area contributed by atoms with Gasteiger partial charge in [0.05, 0.1) is 0 Å². The Bertz CT molecular complexity index is 169. The molecule has 0 N–H and O–H groups in total. The van der Waals surface area contributed by atoms with Crippen molar-refractivity contribution in [1.29, 1.82) is 0 Å². The SMILES string of the molecule is CCCC(CC)N1CC(C)N(C)C(C)C1. The van der Waals surface area contributed by atoms with Gasteiger partial charge in [-0.25, -0.2) is 0 Å². The number of hydrogen-bond acceptors (Lipinski definition) is 2. The number of piperazine rings is 1. The normalized spacial score (nSPS) is 31.8. The van der Waals surface area contributed by atoms with Gasteiger partial charge in [0, 0.05) is 31.2 Å². The maximum absolute atomic E-state index is 2.71. The molecule has 1 rings (SSSR count). The van der Waals surface area contributed by atoms with Crippen LogP contribution in [0.2, 0.25) is 0 Å². The molecule has 90 valence electrons. The van der Waals surface area contributed by atoms with E-state index in [0.29, 0.717) is 12.1 Å². The van der Waals surface area contributed by atoms with Crippen LogP contribution in [0.3, 0.4) is 0 Å². The first-order chi connectivity index (χ1) is 7.10. The molecule has 3 unspecified atom stereocenters. The van der Waals surface area contributed by atoms with Gasteiger partial charge >= 0.3 is 0 Å². The van der Waals surface area contributed by atoms with Crippen LogP contribution in [-0.4, -0.2) is 48.1 Å². The van der Waals surface area contributed by atoms with E-state index in [4.69, 9.17) is 0 Å². The second kappa shape index (κ2) is 5.86. The highest BCUT2D eigenvalue weighted by Gasteiger charge is 2.29. The standard InChI is InChI=1S/C13H28N2/c1-6-8-13(7-2)15-9-11(3)14(5)12(4)10-15/h11-13H,6-10H2,1-5H3. The van der Waals surface area contributed by atoms with Gasteiger partial charge < -0.3 is 0 Å². The van der Waals surface area contributed by atoms with Gasteiger partial charge in [-0.2, -0.15) is 0 Å². The molecule has 0 aromatic heterocycles. The van der Waals surface area contributed by atoms with E-state index >= 15 is 0 Å². The summed E-state index contributed by atoms with van der Waals surface area (Å²) in [6.45, 7) is 11.8. The molecule has 1 aliphatic rings. The number of likely N-dealkylation sites (N-methyl/N-ethyl adjacent to an activating group) is 1. The molecule has 0 radical (unpaired) electrons. The molecule has 0 aliphatic carbocycles. The van der Waals surface area contributed by atoms with E-state index < -0.39 is 0 Å². The summed E-state index contributed by atoms with van der Waals surface area (Å²) in [6.07, 6.45) is 3.98. The maximum Gasteiger partial charge on any atom is 0.0195 e. The van der Waals surface area contributed by atoms with Crippen molar-refractivity contribution < 1.29 is 0 Å². The number of hydrogen-bond donors (Lipinski definition) is 0. The Morgan fingerprint density at radius 3 is 2.07 bits per heavy atom. The molecular weight excluding hydrogens is 184 g/mol. The van der Waals surface area contributed by atoms with Crippen molar-refractivity contribution in [3.8, 4) is 0 Å². The first kappa shape index (κ1) is 13.0. The third kappa shape index (κ3) is 3.18. The molecule has 0 amide bonds. The Hall–Kier alpha value is -0.0800. The molecule has 0 bridgehead atoms. The lowest BCUT2D eigenvalue weighted by Crippen LogP contribution is -2.57. The molecule has 3 atom stereocenters. The zero-order chi connectivity index (χ0) is 11.4. The number of rotatable bonds is 4. The maximum atomic E-state index is 2.71. The van der Waals surface area contributed by atoms with Crippen LogP contribution in [0.25, 0.3) is 0 Å². The average molecular weight is 212 g/mol. The Morgan fingerprint density at radius 2 is 1.67 bits per heavy atom. The van der Waals surface area contributed by atoms with Crippen molar-refractivity contribution in [3.63, 3.8) is 0 Å². The van der Waals surface area contributed by atoms with E-state index in [-0.39, 0.29) is 0 Å². The summed E-state index contributed by atoms with van der Waals surface area (Å²) in [5, 5.41) is 0. The largest absolute Gasteiger partial charge is 0.298 e. The highest BCUT2D eigenvalue weighted by molar-refractivity contribution is 4.85. The summed E-state index contributed by atoms with van der Waals surface area (Å²) in [5.41, 5.74) is 0. The fourth-order valence-electron chi connectivity index (χ4n) is 2.72. The minimum Gasteiger partial charge on any atom is -0.298 e. The molecule has 0 saturated carbocycles. The molecule has 1 aliphatic heterocycles. The molecule has 1 saturated heterocycles. The summed E-state index contributed by atoms with van der Waals surface area (Å²) >= 11 is 0. The molecule has 0 aromatic rings. The van der Waals surface area contributed by atoms with Gasteiger partial charge in [0.2, 0.25) is 0 Å². The molecule has 2 heteroatoms. The first-order valence-electron chi connectivity index (χ1n) is 6.56. The predicted octanol–water partition coefficient (Wildman–Crippen LogP) is 2.59. The van der Waals surface area contributed by atoms with Crippen LogP contribution in [-0.2, 0) is 0 Å². The van der Waals surface area contributed by atoms with E-state index in [1.165, 1.54) is 32.4 Å². The van der Waals surface area contributed by atoms with Crippen LogP contribution < -0.4 is 0 Å². The molecule has 0 aromatic carbocycles. The van der Waals surface area contributed by atoms with Crippen LogP contribution in [0.4, 0.5) is 0 Å². The number of nitrogens with zero attached hydrogens (tertiary/aromatic N) is 2. The Labute approximate surface area is 95.6 Å². The predicted molar refractivity (Wildman–Crippen MR) is 67.2 cm³/mol. The average Bonchev–Trinajstić information content (AvgIpc) is 2.22. The van der Waals surface area contributed by atoms with Crippen molar-refractivity contribution in [3.05, 3.63) is 0 Å². The lowest BCUT2D eigenvalue weighted by atomic mass is 10.0. The smallest absolute Gasteiger partial charge is 0.0195 e. The van der Waals surface area contributed by atoms with Crippen LogP contribution >= 0.6 is 0 Å². The van der Waals surface area contributed by atoms with Gasteiger partial charge in [0.25, 0.3) is 0 Å². The van der Waals surface area contributed by atoms with E-state index in [9.17, 15) is 0 Å². The van der Waals surface area contributed by atoms with Crippen LogP contribution in [0.5, 0.6) is 0 Å². The van der Waals surface area contributed by atoms with Gasteiger partial charge in [0.1, 0.15) is 0 Å². The highest BCUT2D eigenvalue weighted by Crippen LogP contribution is 2.19. The van der Waals surface area contributed by atoms with Crippen molar-refractivity contribution in [2.75, 3.05) is 20.1 Å². The summed E-state index contributed by atoms with van der Waals surface area (Å²) in [4.78, 5) is 5.22. The Balaban J connectivity index is 2.55. The van der Waals surface area contributed by atoms with E-state index in [0.717, 1.165) is 6.04 Å². The fourth-order valence-corrected chi connectivity index (χ4v) is 2.72. The minimum atomic E-state index is 0.708. The van der Waals surface area contributed by atoms with E-state index in [2.05, 4.69) is 44.5 Å². The fraction of sp³-hybridized carbons (Fsp3) is 1.00. The van der Waals surface area contributed by atoms with Crippen molar-refractivity contribution in [2.45, 2.75) is 65.1 Å². The van der Waals surface area contributed by atoms with Crippen LogP contribution in [0, 0.1) is 0 Å². The van der Waals surface area contributed by atoms with E-state index in [1.807, 2.05) is 0 Å². The quantitative estimate of drug-likeness (QED) is 0.707. The molecular formula is C13H28N2. The van der Waals surface area contributed by atoms with Crippen LogP contribution in [0.15, 0.2) is 0 Å². The molecule has 1 heterocycles. The van der Waals surface area contributed by atoms with Crippen molar-refractivity contribution in [2.24, 2.45) is 0 Å². The zero-order valence-corrected chi connectivity index (χ0v) is 11.2. The van der Waals surface area contributed by atoms with Crippen molar-refractivity contribution in [1.82, 2.24) is 9.80 Å². The summed E-state index contributed by atoms with van der Waals surface area (Å²) in [5.74, 6) is 0. The lowest BCUT2D eigenvalue weighted by Gasteiger charge is -2.45. The zero-order valence-electron chi connectivity index (χ0n) is 11.2. The minimum absolute atomic E-state index is 0.708. The topological polar surface area (TPSA) is 6.48 Å². The van der Waals surface area contributed by atoms with Gasteiger partial charge in [-0.15, -0.1) is 0 Å². The Kier molecular flexibility index (Phi) is 5.07. The van der Waals surface area contributed by atoms with Gasteiger partial charge in [-0.1, -0.05) is 20.3 Å². The summed E-state index contributed by atoms with van der Waals surface area (Å²) in [7, 11) is 2.26.